The Morgan fingerprint density at radius 3 is 2.75 bits per heavy atom. The summed E-state index contributed by atoms with van der Waals surface area (Å²) in [6.45, 7) is 3.63. The van der Waals surface area contributed by atoms with Crippen LogP contribution in [0.1, 0.15) is 24.2 Å². The van der Waals surface area contributed by atoms with E-state index in [0.717, 1.165) is 12.1 Å². The molecule has 7 heteroatoms. The minimum Gasteiger partial charge on any atom is -0.487 e. The monoisotopic (exact) mass is 287 g/mol. The van der Waals surface area contributed by atoms with Crippen LogP contribution in [0.5, 0.6) is 5.75 Å². The molecule has 2 N–H and O–H groups in total. The van der Waals surface area contributed by atoms with Crippen molar-refractivity contribution in [1.82, 2.24) is 0 Å². The summed E-state index contributed by atoms with van der Waals surface area (Å²) in [6.07, 6.45) is -0.437. The van der Waals surface area contributed by atoms with Gasteiger partial charge in [-0.15, -0.1) is 0 Å². The summed E-state index contributed by atoms with van der Waals surface area (Å²) in [7, 11) is 0. The van der Waals surface area contributed by atoms with Gasteiger partial charge in [0.1, 0.15) is 12.7 Å². The van der Waals surface area contributed by atoms with Gasteiger partial charge in [-0.1, -0.05) is 0 Å². The van der Waals surface area contributed by atoms with Crippen molar-refractivity contribution >= 4 is 5.91 Å². The smallest absolute Gasteiger partial charge is 0.252 e. The molecule has 1 aliphatic rings. The maximum atomic E-state index is 13.7. The Kier molecular flexibility index (Phi) is 3.92. The molecule has 1 aliphatic heterocycles. The Labute approximate surface area is 114 Å². The van der Waals surface area contributed by atoms with Crippen LogP contribution in [0.2, 0.25) is 0 Å². The van der Waals surface area contributed by atoms with E-state index in [0.29, 0.717) is 0 Å². The van der Waals surface area contributed by atoms with E-state index in [4.69, 9.17) is 19.9 Å². The van der Waals surface area contributed by atoms with Crippen LogP contribution in [0.3, 0.4) is 0 Å². The number of amides is 1. The van der Waals surface area contributed by atoms with Crippen LogP contribution in [0.15, 0.2) is 12.1 Å². The number of hydrogen-bond donors (Lipinski definition) is 1. The van der Waals surface area contributed by atoms with Crippen LogP contribution in [-0.4, -0.2) is 31.0 Å². The molecule has 0 aromatic heterocycles. The quantitative estimate of drug-likeness (QED) is 0.913. The topological polar surface area (TPSA) is 70.8 Å². The number of benzene rings is 1. The average molecular weight is 287 g/mol. The van der Waals surface area contributed by atoms with Crippen LogP contribution < -0.4 is 10.5 Å². The fourth-order valence-electron chi connectivity index (χ4n) is 1.89. The summed E-state index contributed by atoms with van der Waals surface area (Å²) in [6, 6.07) is 1.90. The molecule has 1 atom stereocenters. The lowest BCUT2D eigenvalue weighted by Crippen LogP contribution is -2.26. The SMILES string of the molecule is CC1(C)OCC(COc2c(C(N)=O)ccc(F)c2F)O1. The third kappa shape index (κ3) is 3.05. The summed E-state index contributed by atoms with van der Waals surface area (Å²) in [5.74, 6) is -4.52. The number of primary amides is 1. The molecule has 0 radical (unpaired) electrons. The van der Waals surface area contributed by atoms with Crippen molar-refractivity contribution in [3.05, 3.63) is 29.3 Å². The highest BCUT2D eigenvalue weighted by atomic mass is 19.2. The molecule has 1 aromatic rings. The predicted octanol–water partition coefficient (Wildman–Crippen LogP) is 1.59. The van der Waals surface area contributed by atoms with Crippen LogP contribution in [-0.2, 0) is 9.47 Å². The van der Waals surface area contributed by atoms with Gasteiger partial charge in [-0.3, -0.25) is 4.79 Å². The summed E-state index contributed by atoms with van der Waals surface area (Å²) in [5.41, 5.74) is 4.88. The van der Waals surface area contributed by atoms with Crippen LogP contribution in [0.4, 0.5) is 8.78 Å². The van der Waals surface area contributed by atoms with E-state index in [9.17, 15) is 13.6 Å². The molecule has 0 spiro atoms. The molecule has 1 amide bonds. The molecule has 110 valence electrons. The minimum absolute atomic E-state index is 0.0793. The molecular weight excluding hydrogens is 272 g/mol. The number of rotatable bonds is 4. The number of hydrogen-bond acceptors (Lipinski definition) is 4. The van der Waals surface area contributed by atoms with Crippen molar-refractivity contribution in [2.75, 3.05) is 13.2 Å². The number of carbonyl (C=O) groups excluding carboxylic acids is 1. The van der Waals surface area contributed by atoms with Gasteiger partial charge in [0.15, 0.2) is 17.4 Å². The van der Waals surface area contributed by atoms with Crippen molar-refractivity contribution in [1.29, 1.82) is 0 Å². The number of halogens is 2. The highest BCUT2D eigenvalue weighted by molar-refractivity contribution is 5.95. The first-order valence-corrected chi connectivity index (χ1v) is 6.02. The van der Waals surface area contributed by atoms with Crippen molar-refractivity contribution in [3.8, 4) is 5.75 Å². The van der Waals surface area contributed by atoms with Crippen molar-refractivity contribution in [2.45, 2.75) is 25.7 Å². The van der Waals surface area contributed by atoms with Crippen molar-refractivity contribution in [2.24, 2.45) is 5.73 Å². The van der Waals surface area contributed by atoms with E-state index in [1.165, 1.54) is 0 Å². The van der Waals surface area contributed by atoms with Gasteiger partial charge >= 0.3 is 0 Å². The molecule has 1 fully saturated rings. The first-order valence-electron chi connectivity index (χ1n) is 6.02. The highest BCUT2D eigenvalue weighted by Crippen LogP contribution is 2.27. The first-order chi connectivity index (χ1) is 9.30. The van der Waals surface area contributed by atoms with Gasteiger partial charge < -0.3 is 19.9 Å². The molecule has 1 saturated heterocycles. The fraction of sp³-hybridized carbons (Fsp3) is 0.462. The molecule has 1 heterocycles. The van der Waals surface area contributed by atoms with Gasteiger partial charge in [0.25, 0.3) is 5.91 Å². The molecule has 1 unspecified atom stereocenters. The van der Waals surface area contributed by atoms with Crippen LogP contribution in [0.25, 0.3) is 0 Å². The average Bonchev–Trinajstić information content (AvgIpc) is 2.70. The Hall–Kier alpha value is -1.73. The van der Waals surface area contributed by atoms with Gasteiger partial charge in [0.2, 0.25) is 5.82 Å². The second-order valence-corrected chi connectivity index (χ2v) is 4.86. The summed E-state index contributed by atoms with van der Waals surface area (Å²) >= 11 is 0. The van der Waals surface area contributed by atoms with E-state index >= 15 is 0 Å². The van der Waals surface area contributed by atoms with Gasteiger partial charge in [-0.2, -0.15) is 4.39 Å². The van der Waals surface area contributed by atoms with Gasteiger partial charge in [0.05, 0.1) is 12.2 Å². The zero-order valence-corrected chi connectivity index (χ0v) is 11.1. The van der Waals surface area contributed by atoms with E-state index in [1.807, 2.05) is 0 Å². The standard InChI is InChI=1S/C13H15F2NO4/c1-13(2)19-6-7(20-13)5-18-11-8(12(16)17)3-4-9(14)10(11)15/h3-4,7H,5-6H2,1-2H3,(H2,16,17). The maximum absolute atomic E-state index is 13.7. The van der Waals surface area contributed by atoms with Gasteiger partial charge in [0, 0.05) is 0 Å². The van der Waals surface area contributed by atoms with Crippen molar-refractivity contribution in [3.63, 3.8) is 0 Å². The zero-order valence-electron chi connectivity index (χ0n) is 11.1. The van der Waals surface area contributed by atoms with E-state index < -0.39 is 35.2 Å². The Morgan fingerprint density at radius 1 is 1.50 bits per heavy atom. The molecule has 0 aliphatic carbocycles. The molecule has 0 saturated carbocycles. The normalized spacial score (nSPS) is 20.9. The number of ether oxygens (including phenoxy) is 3. The molecule has 5 nitrogen and oxygen atoms in total. The molecule has 2 rings (SSSR count). The third-order valence-electron chi connectivity index (χ3n) is 2.80. The Bertz CT molecular complexity index is 533. The lowest BCUT2D eigenvalue weighted by Gasteiger charge is -2.18. The van der Waals surface area contributed by atoms with Crippen LogP contribution in [0, 0.1) is 11.6 Å². The fourth-order valence-corrected chi connectivity index (χ4v) is 1.89. The first kappa shape index (κ1) is 14.7. The lowest BCUT2D eigenvalue weighted by molar-refractivity contribution is -0.141. The molecular formula is C13H15F2NO4. The van der Waals surface area contributed by atoms with E-state index in [2.05, 4.69) is 0 Å². The third-order valence-corrected chi connectivity index (χ3v) is 2.80. The zero-order chi connectivity index (χ0) is 14.9. The minimum atomic E-state index is -1.25. The second kappa shape index (κ2) is 5.34. The molecule has 0 bridgehead atoms. The highest BCUT2D eigenvalue weighted by Gasteiger charge is 2.33. The maximum Gasteiger partial charge on any atom is 0.252 e. The van der Waals surface area contributed by atoms with Gasteiger partial charge in [-0.25, -0.2) is 4.39 Å². The largest absolute Gasteiger partial charge is 0.487 e. The molecule has 1 aromatic carbocycles. The molecule has 20 heavy (non-hydrogen) atoms. The summed E-state index contributed by atoms with van der Waals surface area (Å²) in [5, 5.41) is 0. The van der Waals surface area contributed by atoms with Crippen LogP contribution >= 0.6 is 0 Å². The summed E-state index contributed by atoms with van der Waals surface area (Å²) in [4.78, 5) is 11.2. The van der Waals surface area contributed by atoms with E-state index in [-0.39, 0.29) is 18.8 Å². The van der Waals surface area contributed by atoms with Crippen molar-refractivity contribution < 1.29 is 27.8 Å². The van der Waals surface area contributed by atoms with Gasteiger partial charge in [-0.05, 0) is 26.0 Å². The lowest BCUT2D eigenvalue weighted by atomic mass is 10.1. The van der Waals surface area contributed by atoms with E-state index in [1.54, 1.807) is 13.8 Å². The Morgan fingerprint density at radius 2 is 2.20 bits per heavy atom. The summed E-state index contributed by atoms with van der Waals surface area (Å²) < 4.78 is 42.8. The predicted molar refractivity (Wildman–Crippen MR) is 65.3 cm³/mol. The number of nitrogens with two attached hydrogens (primary N) is 1. The second-order valence-electron chi connectivity index (χ2n) is 4.86. The number of carbonyl (C=O) groups is 1. The Balaban J connectivity index is 2.13.